The van der Waals surface area contributed by atoms with Gasteiger partial charge in [0.15, 0.2) is 0 Å². The molecule has 1 unspecified atom stereocenters. The van der Waals surface area contributed by atoms with Crippen LogP contribution < -0.4 is 0 Å². The van der Waals surface area contributed by atoms with E-state index in [2.05, 4.69) is 44.2 Å². The maximum absolute atomic E-state index is 2.48. The van der Waals surface area contributed by atoms with Crippen molar-refractivity contribution in [3.63, 3.8) is 0 Å². The fourth-order valence-electron chi connectivity index (χ4n) is 5.02. The summed E-state index contributed by atoms with van der Waals surface area (Å²) in [5.74, 6) is 2.71. The molecule has 0 aliphatic heterocycles. The van der Waals surface area contributed by atoms with Gasteiger partial charge in [-0.15, -0.1) is 0 Å². The quantitative estimate of drug-likeness (QED) is 0.411. The molecule has 26 heavy (non-hydrogen) atoms. The van der Waals surface area contributed by atoms with Gasteiger partial charge < -0.3 is 0 Å². The van der Waals surface area contributed by atoms with Crippen molar-refractivity contribution in [3.05, 3.63) is 41.5 Å². The highest BCUT2D eigenvalue weighted by molar-refractivity contribution is 5.66. The Bertz CT molecular complexity index is 542. The van der Waals surface area contributed by atoms with Crippen molar-refractivity contribution < 1.29 is 0 Å². The molecule has 0 heterocycles. The molecular weight excluding hydrogens is 312 g/mol. The zero-order valence-electron chi connectivity index (χ0n) is 17.3. The van der Waals surface area contributed by atoms with Crippen LogP contribution in [0, 0.1) is 11.8 Å². The van der Waals surface area contributed by atoms with E-state index in [0.29, 0.717) is 0 Å². The Kier molecular flexibility index (Phi) is 7.84. The van der Waals surface area contributed by atoms with Crippen molar-refractivity contribution in [1.29, 1.82) is 0 Å². The smallest absolute Gasteiger partial charge is 0.0162 e. The van der Waals surface area contributed by atoms with E-state index in [-0.39, 0.29) is 0 Å². The van der Waals surface area contributed by atoms with Crippen molar-refractivity contribution in [2.45, 2.75) is 103 Å². The molecule has 1 fully saturated rings. The van der Waals surface area contributed by atoms with E-state index >= 15 is 0 Å². The summed E-state index contributed by atoms with van der Waals surface area (Å²) in [5.41, 5.74) is 4.66. The summed E-state index contributed by atoms with van der Waals surface area (Å²) in [6, 6.07) is 9.67. The van der Waals surface area contributed by atoms with Crippen molar-refractivity contribution >= 4 is 5.57 Å². The van der Waals surface area contributed by atoms with Crippen LogP contribution in [-0.2, 0) is 0 Å². The molecule has 1 aromatic rings. The minimum atomic E-state index is 0.820. The number of unbranched alkanes of at least 4 members (excludes halogenated alkanes) is 4. The molecule has 2 aliphatic rings. The van der Waals surface area contributed by atoms with Crippen LogP contribution in [0.3, 0.4) is 0 Å². The number of allylic oxidation sites excluding steroid dienone is 2. The molecule has 0 spiro atoms. The molecule has 0 N–H and O–H groups in total. The number of benzene rings is 1. The lowest BCUT2D eigenvalue weighted by Crippen LogP contribution is -2.13. The van der Waals surface area contributed by atoms with Gasteiger partial charge in [-0.25, -0.2) is 0 Å². The van der Waals surface area contributed by atoms with E-state index in [1.807, 2.05) is 0 Å². The van der Waals surface area contributed by atoms with Crippen LogP contribution >= 0.6 is 0 Å². The SMILES string of the molecule is CCCCCCCC1CCC(c2ccc(C3=CCC(C)CC3)cc2)CC1. The average Bonchev–Trinajstić information content (AvgIpc) is 2.69. The summed E-state index contributed by atoms with van der Waals surface area (Å²) < 4.78 is 0. The third-order valence-electron chi connectivity index (χ3n) is 6.99. The second-order valence-electron chi connectivity index (χ2n) is 9.15. The zero-order valence-corrected chi connectivity index (χ0v) is 17.3. The van der Waals surface area contributed by atoms with Crippen LogP contribution in [0.5, 0.6) is 0 Å². The summed E-state index contributed by atoms with van der Waals surface area (Å²) in [6.07, 6.45) is 20.8. The Morgan fingerprint density at radius 2 is 1.58 bits per heavy atom. The van der Waals surface area contributed by atoms with Gasteiger partial charge in [0.2, 0.25) is 0 Å². The summed E-state index contributed by atoms with van der Waals surface area (Å²) in [7, 11) is 0. The highest BCUT2D eigenvalue weighted by Crippen LogP contribution is 2.38. The van der Waals surface area contributed by atoms with Crippen molar-refractivity contribution in [2.75, 3.05) is 0 Å². The van der Waals surface area contributed by atoms with Gasteiger partial charge in [0, 0.05) is 0 Å². The van der Waals surface area contributed by atoms with Gasteiger partial charge in [-0.3, -0.25) is 0 Å². The van der Waals surface area contributed by atoms with Gasteiger partial charge in [0.1, 0.15) is 0 Å². The monoisotopic (exact) mass is 352 g/mol. The van der Waals surface area contributed by atoms with E-state index in [4.69, 9.17) is 0 Å². The molecule has 0 saturated heterocycles. The van der Waals surface area contributed by atoms with Crippen molar-refractivity contribution in [2.24, 2.45) is 11.8 Å². The Morgan fingerprint density at radius 1 is 0.846 bits per heavy atom. The number of rotatable bonds is 8. The normalized spacial score (nSPS) is 26.5. The maximum atomic E-state index is 2.48. The second-order valence-corrected chi connectivity index (χ2v) is 9.15. The topological polar surface area (TPSA) is 0 Å². The molecule has 0 aromatic heterocycles. The Balaban J connectivity index is 1.43. The molecule has 0 nitrogen and oxygen atoms in total. The van der Waals surface area contributed by atoms with E-state index in [0.717, 1.165) is 17.8 Å². The van der Waals surface area contributed by atoms with Crippen LogP contribution in [0.1, 0.15) is 114 Å². The van der Waals surface area contributed by atoms with E-state index < -0.39 is 0 Å². The zero-order chi connectivity index (χ0) is 18.2. The number of hydrogen-bond donors (Lipinski definition) is 0. The molecule has 0 bridgehead atoms. The predicted octanol–water partition coefficient (Wildman–Crippen LogP) is 8.52. The van der Waals surface area contributed by atoms with Gasteiger partial charge in [-0.1, -0.05) is 82.7 Å². The van der Waals surface area contributed by atoms with Gasteiger partial charge in [-0.05, 0) is 79.4 Å². The van der Waals surface area contributed by atoms with Crippen LogP contribution in [-0.4, -0.2) is 0 Å². The minimum Gasteiger partial charge on any atom is -0.0805 e. The van der Waals surface area contributed by atoms with Gasteiger partial charge >= 0.3 is 0 Å². The van der Waals surface area contributed by atoms with Crippen LogP contribution in [0.4, 0.5) is 0 Å². The van der Waals surface area contributed by atoms with Crippen molar-refractivity contribution in [3.8, 4) is 0 Å². The van der Waals surface area contributed by atoms with Crippen LogP contribution in [0.15, 0.2) is 30.3 Å². The van der Waals surface area contributed by atoms with E-state index in [1.165, 1.54) is 89.0 Å². The third-order valence-corrected chi connectivity index (χ3v) is 6.99. The molecule has 0 heteroatoms. The molecule has 0 amide bonds. The summed E-state index contributed by atoms with van der Waals surface area (Å²) in [6.45, 7) is 4.68. The van der Waals surface area contributed by atoms with Crippen molar-refractivity contribution in [1.82, 2.24) is 0 Å². The maximum Gasteiger partial charge on any atom is -0.0162 e. The Hall–Kier alpha value is -1.04. The van der Waals surface area contributed by atoms with Crippen LogP contribution in [0.2, 0.25) is 0 Å². The molecule has 0 radical (unpaired) electrons. The summed E-state index contributed by atoms with van der Waals surface area (Å²) in [5, 5.41) is 0. The van der Waals surface area contributed by atoms with E-state index in [1.54, 1.807) is 11.1 Å². The fourth-order valence-corrected chi connectivity index (χ4v) is 5.02. The largest absolute Gasteiger partial charge is 0.0805 e. The first kappa shape index (κ1) is 19.7. The fraction of sp³-hybridized carbons (Fsp3) is 0.692. The molecule has 1 saturated carbocycles. The van der Waals surface area contributed by atoms with E-state index in [9.17, 15) is 0 Å². The lowest BCUT2D eigenvalue weighted by Gasteiger charge is -2.29. The third kappa shape index (κ3) is 5.73. The van der Waals surface area contributed by atoms with Crippen LogP contribution in [0.25, 0.3) is 5.57 Å². The highest BCUT2D eigenvalue weighted by Gasteiger charge is 2.22. The second kappa shape index (κ2) is 10.3. The molecule has 1 aromatic carbocycles. The lowest BCUT2D eigenvalue weighted by atomic mass is 9.76. The summed E-state index contributed by atoms with van der Waals surface area (Å²) in [4.78, 5) is 0. The lowest BCUT2D eigenvalue weighted by molar-refractivity contribution is 0.302. The molecular formula is C26H40. The molecule has 144 valence electrons. The first-order valence-electron chi connectivity index (χ1n) is 11.6. The van der Waals surface area contributed by atoms with Gasteiger partial charge in [0.25, 0.3) is 0 Å². The highest BCUT2D eigenvalue weighted by atomic mass is 14.3. The first-order valence-corrected chi connectivity index (χ1v) is 11.6. The van der Waals surface area contributed by atoms with Gasteiger partial charge in [0.05, 0.1) is 0 Å². The molecule has 1 atom stereocenters. The Labute approximate surface area is 162 Å². The summed E-state index contributed by atoms with van der Waals surface area (Å²) >= 11 is 0. The number of hydrogen-bond acceptors (Lipinski definition) is 0. The van der Waals surface area contributed by atoms with Gasteiger partial charge in [-0.2, -0.15) is 0 Å². The standard InChI is InChI=1S/C26H40/c1-3-4-5-6-7-8-22-11-15-24(16-12-22)26-19-17-25(18-20-26)23-13-9-21(2)10-14-23/h13,17-22,24H,3-12,14-16H2,1-2H3. The predicted molar refractivity (Wildman–Crippen MR) is 116 cm³/mol. The molecule has 2 aliphatic carbocycles. The molecule has 3 rings (SSSR count). The average molecular weight is 353 g/mol. The Morgan fingerprint density at radius 3 is 2.23 bits per heavy atom. The first-order chi connectivity index (χ1) is 12.8. The minimum absolute atomic E-state index is 0.820.